The number of amides is 1. The van der Waals surface area contributed by atoms with Crippen LogP contribution in [0.4, 0.5) is 0 Å². The molecule has 0 aliphatic carbocycles. The van der Waals surface area contributed by atoms with Crippen LogP contribution in [0.3, 0.4) is 0 Å². The Labute approximate surface area is 166 Å². The molecular formula is C19H28ClN5O2. The lowest BCUT2D eigenvalue weighted by atomic mass is 10.1. The van der Waals surface area contributed by atoms with Crippen LogP contribution >= 0.6 is 12.4 Å². The number of nitrogens with two attached hydrogens (primary N) is 1. The molecule has 0 unspecified atom stereocenters. The van der Waals surface area contributed by atoms with E-state index >= 15 is 0 Å². The molecule has 0 atom stereocenters. The van der Waals surface area contributed by atoms with E-state index in [-0.39, 0.29) is 30.8 Å². The van der Waals surface area contributed by atoms with Crippen molar-refractivity contribution in [1.82, 2.24) is 19.9 Å². The fourth-order valence-electron chi connectivity index (χ4n) is 3.20. The zero-order chi connectivity index (χ0) is 18.4. The largest absolute Gasteiger partial charge is 0.378 e. The van der Waals surface area contributed by atoms with Crippen LogP contribution in [-0.4, -0.2) is 58.1 Å². The van der Waals surface area contributed by atoms with Gasteiger partial charge in [0, 0.05) is 19.7 Å². The van der Waals surface area contributed by atoms with Gasteiger partial charge < -0.3 is 15.4 Å². The molecule has 1 fully saturated rings. The molecule has 7 nitrogen and oxygen atoms in total. The summed E-state index contributed by atoms with van der Waals surface area (Å²) < 4.78 is 7.58. The van der Waals surface area contributed by atoms with Gasteiger partial charge in [0.15, 0.2) is 0 Å². The number of ether oxygens (including phenoxy) is 1. The lowest BCUT2D eigenvalue weighted by Crippen LogP contribution is -2.41. The van der Waals surface area contributed by atoms with Crippen LogP contribution in [0, 0.1) is 6.92 Å². The Kier molecular flexibility index (Phi) is 8.22. The fourth-order valence-corrected chi connectivity index (χ4v) is 3.20. The minimum absolute atomic E-state index is 0. The van der Waals surface area contributed by atoms with Crippen molar-refractivity contribution in [2.75, 3.05) is 26.2 Å². The Morgan fingerprint density at radius 3 is 2.63 bits per heavy atom. The maximum atomic E-state index is 12.6. The van der Waals surface area contributed by atoms with Crippen LogP contribution in [0.2, 0.25) is 0 Å². The van der Waals surface area contributed by atoms with Gasteiger partial charge in [-0.1, -0.05) is 23.4 Å². The first-order chi connectivity index (χ1) is 12.7. The lowest BCUT2D eigenvalue weighted by Gasteiger charge is -2.32. The summed E-state index contributed by atoms with van der Waals surface area (Å²) in [4.78, 5) is 14.5. The smallest absolute Gasteiger partial charge is 0.228 e. The Morgan fingerprint density at radius 2 is 1.96 bits per heavy atom. The fraction of sp³-hybridized carbons (Fsp3) is 0.526. The molecule has 0 radical (unpaired) electrons. The Bertz CT molecular complexity index is 714. The SMILES string of the molecule is Cc1c(CC(=O)N2CCC(OCCCN)CC2)nnn1-c1ccccc1.Cl. The zero-order valence-electron chi connectivity index (χ0n) is 15.7. The molecule has 2 heterocycles. The number of hydrogen-bond acceptors (Lipinski definition) is 5. The van der Waals surface area contributed by atoms with E-state index in [0.717, 1.165) is 49.4 Å². The van der Waals surface area contributed by atoms with Crippen LogP contribution in [-0.2, 0) is 16.0 Å². The van der Waals surface area contributed by atoms with Crippen molar-refractivity contribution >= 4 is 18.3 Å². The third-order valence-corrected chi connectivity index (χ3v) is 4.81. The van der Waals surface area contributed by atoms with Crippen molar-refractivity contribution in [2.45, 2.75) is 38.7 Å². The number of carbonyl (C=O) groups is 1. The maximum Gasteiger partial charge on any atom is 0.228 e. The number of nitrogens with zero attached hydrogens (tertiary/aromatic N) is 4. The number of halogens is 1. The van der Waals surface area contributed by atoms with Gasteiger partial charge in [-0.25, -0.2) is 4.68 Å². The minimum atomic E-state index is 0. The first-order valence-electron chi connectivity index (χ1n) is 9.25. The molecule has 0 bridgehead atoms. The monoisotopic (exact) mass is 393 g/mol. The molecule has 2 aromatic rings. The van der Waals surface area contributed by atoms with E-state index in [9.17, 15) is 4.79 Å². The summed E-state index contributed by atoms with van der Waals surface area (Å²) in [7, 11) is 0. The number of rotatable bonds is 7. The summed E-state index contributed by atoms with van der Waals surface area (Å²) in [5.74, 6) is 0.105. The van der Waals surface area contributed by atoms with E-state index in [0.29, 0.717) is 13.2 Å². The summed E-state index contributed by atoms with van der Waals surface area (Å²) in [6, 6.07) is 9.83. The van der Waals surface area contributed by atoms with E-state index in [4.69, 9.17) is 10.5 Å². The predicted octanol–water partition coefficient (Wildman–Crippen LogP) is 1.90. The molecule has 1 aromatic carbocycles. The molecule has 2 N–H and O–H groups in total. The van der Waals surface area contributed by atoms with Gasteiger partial charge in [0.05, 0.1) is 29.6 Å². The number of benzene rings is 1. The van der Waals surface area contributed by atoms with Crippen molar-refractivity contribution < 1.29 is 9.53 Å². The van der Waals surface area contributed by atoms with Gasteiger partial charge in [0.1, 0.15) is 0 Å². The highest BCUT2D eigenvalue weighted by Crippen LogP contribution is 2.17. The predicted molar refractivity (Wildman–Crippen MR) is 106 cm³/mol. The molecule has 1 saturated heterocycles. The Balaban J connectivity index is 0.00000261. The highest BCUT2D eigenvalue weighted by atomic mass is 35.5. The van der Waals surface area contributed by atoms with Gasteiger partial charge in [-0.3, -0.25) is 4.79 Å². The molecule has 0 saturated carbocycles. The topological polar surface area (TPSA) is 86.3 Å². The van der Waals surface area contributed by atoms with Crippen molar-refractivity contribution in [3.8, 4) is 5.69 Å². The molecule has 1 aromatic heterocycles. The first-order valence-corrected chi connectivity index (χ1v) is 9.25. The molecular weight excluding hydrogens is 366 g/mol. The number of aromatic nitrogens is 3. The summed E-state index contributed by atoms with van der Waals surface area (Å²) in [5, 5.41) is 8.42. The molecule has 27 heavy (non-hydrogen) atoms. The third kappa shape index (κ3) is 5.51. The van der Waals surface area contributed by atoms with Gasteiger partial charge in [-0.15, -0.1) is 17.5 Å². The number of carbonyl (C=O) groups excluding carboxylic acids is 1. The van der Waals surface area contributed by atoms with E-state index < -0.39 is 0 Å². The Morgan fingerprint density at radius 1 is 1.26 bits per heavy atom. The quantitative estimate of drug-likeness (QED) is 0.726. The maximum absolute atomic E-state index is 12.6. The Hall–Kier alpha value is -1.96. The zero-order valence-corrected chi connectivity index (χ0v) is 16.5. The summed E-state index contributed by atoms with van der Waals surface area (Å²) in [6.07, 6.45) is 3.18. The number of piperidine rings is 1. The highest BCUT2D eigenvalue weighted by molar-refractivity contribution is 5.85. The van der Waals surface area contributed by atoms with Crippen molar-refractivity contribution in [1.29, 1.82) is 0 Å². The summed E-state index contributed by atoms with van der Waals surface area (Å²) in [6.45, 7) is 4.78. The van der Waals surface area contributed by atoms with Crippen LogP contribution in [0.1, 0.15) is 30.7 Å². The average Bonchev–Trinajstić information content (AvgIpc) is 3.03. The molecule has 1 amide bonds. The molecule has 0 spiro atoms. The number of hydrogen-bond donors (Lipinski definition) is 1. The minimum Gasteiger partial charge on any atom is -0.378 e. The van der Waals surface area contributed by atoms with Gasteiger partial charge in [-0.2, -0.15) is 0 Å². The highest BCUT2D eigenvalue weighted by Gasteiger charge is 2.24. The molecule has 8 heteroatoms. The summed E-state index contributed by atoms with van der Waals surface area (Å²) >= 11 is 0. The van der Waals surface area contributed by atoms with Crippen molar-refractivity contribution in [2.24, 2.45) is 5.73 Å². The van der Waals surface area contributed by atoms with Crippen LogP contribution in [0.25, 0.3) is 5.69 Å². The van der Waals surface area contributed by atoms with Gasteiger partial charge in [-0.05, 0) is 44.9 Å². The standard InChI is InChI=1S/C19H27N5O2.ClH/c1-15-18(21-22-24(15)16-6-3-2-4-7-16)14-19(25)23-11-8-17(9-12-23)26-13-5-10-20;/h2-4,6-7,17H,5,8-14,20H2,1H3;1H. The van der Waals surface area contributed by atoms with E-state index in [1.165, 1.54) is 0 Å². The second-order valence-corrected chi connectivity index (χ2v) is 6.64. The van der Waals surface area contributed by atoms with Crippen LogP contribution < -0.4 is 5.73 Å². The molecule has 1 aliphatic rings. The number of likely N-dealkylation sites (tertiary alicyclic amines) is 1. The van der Waals surface area contributed by atoms with Crippen molar-refractivity contribution in [3.63, 3.8) is 0 Å². The van der Waals surface area contributed by atoms with Gasteiger partial charge >= 0.3 is 0 Å². The second-order valence-electron chi connectivity index (χ2n) is 6.64. The third-order valence-electron chi connectivity index (χ3n) is 4.81. The molecule has 148 valence electrons. The second kappa shape index (κ2) is 10.4. The number of para-hydroxylation sites is 1. The van der Waals surface area contributed by atoms with E-state index in [1.807, 2.05) is 42.2 Å². The molecule has 3 rings (SSSR count). The van der Waals surface area contributed by atoms with Gasteiger partial charge in [0.2, 0.25) is 5.91 Å². The first kappa shape index (κ1) is 21.3. The lowest BCUT2D eigenvalue weighted by molar-refractivity contribution is -0.133. The van der Waals surface area contributed by atoms with E-state index in [1.54, 1.807) is 4.68 Å². The van der Waals surface area contributed by atoms with Crippen molar-refractivity contribution in [3.05, 3.63) is 41.7 Å². The molecule has 1 aliphatic heterocycles. The van der Waals surface area contributed by atoms with E-state index in [2.05, 4.69) is 10.3 Å². The normalized spacial score (nSPS) is 14.8. The van der Waals surface area contributed by atoms with Crippen LogP contribution in [0.15, 0.2) is 30.3 Å². The summed E-state index contributed by atoms with van der Waals surface area (Å²) in [5.41, 5.74) is 8.08. The average molecular weight is 394 g/mol. The van der Waals surface area contributed by atoms with Crippen LogP contribution in [0.5, 0.6) is 0 Å². The van der Waals surface area contributed by atoms with Gasteiger partial charge in [0.25, 0.3) is 0 Å².